The van der Waals surface area contributed by atoms with Gasteiger partial charge in [0.25, 0.3) is 0 Å². The highest BCUT2D eigenvalue weighted by molar-refractivity contribution is 7.90. The van der Waals surface area contributed by atoms with Crippen molar-refractivity contribution in [3.05, 3.63) is 23.8 Å². The second kappa shape index (κ2) is 6.01. The number of ether oxygens (including phenoxy) is 1. The van der Waals surface area contributed by atoms with Crippen LogP contribution in [-0.4, -0.2) is 39.1 Å². The molecule has 0 heterocycles. The van der Waals surface area contributed by atoms with Crippen LogP contribution in [0.15, 0.2) is 18.2 Å². The molecular weight excluding hydrogens is 272 g/mol. The summed E-state index contributed by atoms with van der Waals surface area (Å²) in [6.07, 6.45) is 1.19. The monoisotopic (exact) mass is 288 g/mol. The average molecular weight is 288 g/mol. The van der Waals surface area contributed by atoms with Crippen LogP contribution in [0, 0.1) is 0 Å². The van der Waals surface area contributed by atoms with Crippen molar-refractivity contribution in [3.63, 3.8) is 0 Å². The van der Waals surface area contributed by atoms with E-state index in [1.165, 1.54) is 6.26 Å². The molecule has 0 saturated heterocycles. The minimum absolute atomic E-state index is 0.0426. The Balaban J connectivity index is 2.87. The van der Waals surface area contributed by atoms with Crippen molar-refractivity contribution in [2.24, 2.45) is 5.73 Å². The number of anilines is 1. The quantitative estimate of drug-likeness (QED) is 0.753. The number of hydrogen-bond donors (Lipinski definition) is 2. The van der Waals surface area contributed by atoms with Crippen LogP contribution in [0.25, 0.3) is 0 Å². The van der Waals surface area contributed by atoms with Gasteiger partial charge in [-0.1, -0.05) is 12.2 Å². The van der Waals surface area contributed by atoms with Gasteiger partial charge >= 0.3 is 0 Å². The van der Waals surface area contributed by atoms with Crippen LogP contribution in [0.4, 0.5) is 5.69 Å². The highest BCUT2D eigenvalue weighted by Gasteiger charge is 2.08. The maximum atomic E-state index is 11.0. The molecule has 1 aromatic rings. The van der Waals surface area contributed by atoms with Gasteiger partial charge in [-0.3, -0.25) is 0 Å². The first kappa shape index (κ1) is 14.7. The summed E-state index contributed by atoms with van der Waals surface area (Å²) in [5, 5.41) is 3.00. The van der Waals surface area contributed by atoms with Crippen LogP contribution in [-0.2, 0) is 9.84 Å². The summed E-state index contributed by atoms with van der Waals surface area (Å²) >= 11 is 4.93. The SMILES string of the molecule is COc1ccc(C(N)=S)c(NCCS(C)(=O)=O)c1. The highest BCUT2D eigenvalue weighted by Crippen LogP contribution is 2.22. The predicted octanol–water partition coefficient (Wildman–Crippen LogP) is 0.786. The molecule has 0 fully saturated rings. The van der Waals surface area contributed by atoms with E-state index in [0.717, 1.165) is 0 Å². The van der Waals surface area contributed by atoms with E-state index in [4.69, 9.17) is 22.7 Å². The van der Waals surface area contributed by atoms with E-state index in [-0.39, 0.29) is 10.7 Å². The molecule has 0 saturated carbocycles. The predicted molar refractivity (Wildman–Crippen MR) is 77.1 cm³/mol. The summed E-state index contributed by atoms with van der Waals surface area (Å²) in [6.45, 7) is 0.293. The van der Waals surface area contributed by atoms with Crippen LogP contribution in [0.5, 0.6) is 5.75 Å². The second-order valence-corrected chi connectivity index (χ2v) is 6.53. The molecule has 3 N–H and O–H groups in total. The lowest BCUT2D eigenvalue weighted by Gasteiger charge is -2.12. The molecule has 0 radical (unpaired) electrons. The molecule has 0 aromatic heterocycles. The maximum Gasteiger partial charge on any atom is 0.149 e. The number of methoxy groups -OCH3 is 1. The van der Waals surface area contributed by atoms with Gasteiger partial charge in [-0.15, -0.1) is 0 Å². The maximum absolute atomic E-state index is 11.0. The molecule has 1 aromatic carbocycles. The van der Waals surface area contributed by atoms with Gasteiger partial charge in [0.05, 0.1) is 12.9 Å². The minimum Gasteiger partial charge on any atom is -0.497 e. The van der Waals surface area contributed by atoms with E-state index in [0.29, 0.717) is 23.5 Å². The zero-order chi connectivity index (χ0) is 13.8. The van der Waals surface area contributed by atoms with Crippen LogP contribution >= 0.6 is 12.2 Å². The Kier molecular flexibility index (Phi) is 4.92. The first-order valence-electron chi connectivity index (χ1n) is 5.23. The number of sulfone groups is 1. The Morgan fingerprint density at radius 2 is 2.17 bits per heavy atom. The summed E-state index contributed by atoms with van der Waals surface area (Å²) in [7, 11) is -1.45. The van der Waals surface area contributed by atoms with Crippen molar-refractivity contribution < 1.29 is 13.2 Å². The number of thiocarbonyl (C=S) groups is 1. The van der Waals surface area contributed by atoms with Crippen LogP contribution < -0.4 is 15.8 Å². The first-order valence-corrected chi connectivity index (χ1v) is 7.70. The lowest BCUT2D eigenvalue weighted by atomic mass is 10.1. The van der Waals surface area contributed by atoms with E-state index in [9.17, 15) is 8.42 Å². The molecular formula is C11H16N2O3S2. The summed E-state index contributed by atoms with van der Waals surface area (Å²) < 4.78 is 27.2. The lowest BCUT2D eigenvalue weighted by molar-refractivity contribution is 0.415. The van der Waals surface area contributed by atoms with E-state index in [1.807, 2.05) is 0 Å². The van der Waals surface area contributed by atoms with Crippen molar-refractivity contribution in [1.82, 2.24) is 0 Å². The Labute approximate surface area is 112 Å². The number of rotatable bonds is 6. The molecule has 1 rings (SSSR count). The van der Waals surface area contributed by atoms with Gasteiger partial charge < -0.3 is 15.8 Å². The Hall–Kier alpha value is -1.34. The van der Waals surface area contributed by atoms with E-state index in [1.54, 1.807) is 25.3 Å². The van der Waals surface area contributed by atoms with Crippen molar-refractivity contribution in [2.75, 3.05) is 31.0 Å². The normalized spacial score (nSPS) is 11.0. The van der Waals surface area contributed by atoms with Gasteiger partial charge in [-0.2, -0.15) is 0 Å². The second-order valence-electron chi connectivity index (χ2n) is 3.83. The zero-order valence-corrected chi connectivity index (χ0v) is 11.9. The molecule has 0 amide bonds. The smallest absolute Gasteiger partial charge is 0.149 e. The number of hydrogen-bond acceptors (Lipinski definition) is 5. The molecule has 0 atom stereocenters. The zero-order valence-electron chi connectivity index (χ0n) is 10.3. The van der Waals surface area contributed by atoms with Gasteiger partial charge in [0.1, 0.15) is 20.6 Å². The van der Waals surface area contributed by atoms with E-state index < -0.39 is 9.84 Å². The Bertz CT molecular complexity index is 541. The summed E-state index contributed by atoms with van der Waals surface area (Å²) in [6, 6.07) is 5.22. The van der Waals surface area contributed by atoms with Gasteiger partial charge in [0, 0.05) is 30.1 Å². The standard InChI is InChI=1S/C11H16N2O3S2/c1-16-8-3-4-9(11(12)17)10(7-8)13-5-6-18(2,14)15/h3-4,7,13H,5-6H2,1-2H3,(H2,12,17). The molecule has 0 spiro atoms. The van der Waals surface area contributed by atoms with Gasteiger partial charge in [0.15, 0.2) is 0 Å². The van der Waals surface area contributed by atoms with Crippen molar-refractivity contribution >= 4 is 32.7 Å². The van der Waals surface area contributed by atoms with Gasteiger partial charge in [-0.25, -0.2) is 8.42 Å². The van der Waals surface area contributed by atoms with Crippen LogP contribution in [0.1, 0.15) is 5.56 Å². The highest BCUT2D eigenvalue weighted by atomic mass is 32.2. The average Bonchev–Trinajstić information content (AvgIpc) is 2.26. The largest absolute Gasteiger partial charge is 0.497 e. The summed E-state index contributed by atoms with van der Waals surface area (Å²) in [5.41, 5.74) is 6.93. The number of nitrogens with one attached hydrogen (secondary N) is 1. The van der Waals surface area contributed by atoms with Crippen molar-refractivity contribution in [1.29, 1.82) is 0 Å². The molecule has 0 aliphatic heterocycles. The fourth-order valence-corrected chi connectivity index (χ4v) is 2.03. The summed E-state index contributed by atoms with van der Waals surface area (Å²) in [5.74, 6) is 0.693. The van der Waals surface area contributed by atoms with Gasteiger partial charge in [-0.05, 0) is 12.1 Å². The van der Waals surface area contributed by atoms with Crippen molar-refractivity contribution in [2.45, 2.75) is 0 Å². The Morgan fingerprint density at radius 1 is 1.50 bits per heavy atom. The molecule has 100 valence electrons. The fourth-order valence-electron chi connectivity index (χ4n) is 1.38. The molecule has 0 bridgehead atoms. The molecule has 5 nitrogen and oxygen atoms in total. The topological polar surface area (TPSA) is 81.4 Å². The molecule has 18 heavy (non-hydrogen) atoms. The van der Waals surface area contributed by atoms with Crippen molar-refractivity contribution in [3.8, 4) is 5.75 Å². The molecule has 0 aliphatic carbocycles. The molecule has 0 unspecified atom stereocenters. The van der Waals surface area contributed by atoms with E-state index in [2.05, 4.69) is 5.32 Å². The number of nitrogens with two attached hydrogens (primary N) is 1. The third-order valence-corrected chi connectivity index (χ3v) is 3.45. The van der Waals surface area contributed by atoms with Gasteiger partial charge in [0.2, 0.25) is 0 Å². The third kappa shape index (κ3) is 4.50. The summed E-state index contributed by atoms with van der Waals surface area (Å²) in [4.78, 5) is 0.250. The minimum atomic E-state index is -3.00. The Morgan fingerprint density at radius 3 is 2.67 bits per heavy atom. The lowest BCUT2D eigenvalue weighted by Crippen LogP contribution is -2.18. The fraction of sp³-hybridized carbons (Fsp3) is 0.364. The number of benzene rings is 1. The molecule has 0 aliphatic rings. The third-order valence-electron chi connectivity index (χ3n) is 2.28. The van der Waals surface area contributed by atoms with E-state index >= 15 is 0 Å². The molecule has 7 heteroatoms. The van der Waals surface area contributed by atoms with Crippen LogP contribution in [0.3, 0.4) is 0 Å². The first-order chi connectivity index (χ1) is 8.33. The van der Waals surface area contributed by atoms with Crippen LogP contribution in [0.2, 0.25) is 0 Å².